The molecule has 0 fully saturated rings. The first-order valence-electron chi connectivity index (χ1n) is 20.1. The van der Waals surface area contributed by atoms with Crippen LogP contribution in [0.2, 0.25) is 0 Å². The van der Waals surface area contributed by atoms with E-state index < -0.39 is 0 Å². The molecule has 3 aliphatic rings. The van der Waals surface area contributed by atoms with E-state index in [1.807, 2.05) is 0 Å². The topological polar surface area (TPSA) is 8.17 Å². The van der Waals surface area contributed by atoms with Crippen molar-refractivity contribution in [3.63, 3.8) is 0 Å². The summed E-state index contributed by atoms with van der Waals surface area (Å²) >= 11 is 0. The Morgan fingerprint density at radius 2 is 1.02 bits per heavy atom. The quantitative estimate of drug-likeness (QED) is 0.154. The summed E-state index contributed by atoms with van der Waals surface area (Å²) in [4.78, 5) is 2.58. The normalized spacial score (nSPS) is 14.2. The van der Waals surface area contributed by atoms with E-state index in [0.717, 1.165) is 0 Å². The molecule has 0 radical (unpaired) electrons. The van der Waals surface area contributed by atoms with Crippen molar-refractivity contribution >= 4 is 72.7 Å². The van der Waals surface area contributed by atoms with Gasteiger partial charge < -0.3 is 9.47 Å². The molecule has 11 rings (SSSR count). The highest BCUT2D eigenvalue weighted by Crippen LogP contribution is 2.51. The Kier molecular flexibility index (Phi) is 6.34. The van der Waals surface area contributed by atoms with Gasteiger partial charge in [-0.15, -0.1) is 0 Å². The monoisotopic (exact) mass is 710 g/mol. The first-order valence-corrected chi connectivity index (χ1v) is 20.1. The van der Waals surface area contributed by atoms with Crippen LogP contribution < -0.4 is 21.3 Å². The number of nitrogens with zero attached hydrogens (tertiary/aromatic N) is 2. The van der Waals surface area contributed by atoms with Gasteiger partial charge in [-0.25, -0.2) is 0 Å². The summed E-state index contributed by atoms with van der Waals surface area (Å²) in [7, 11) is 0. The Bertz CT molecular complexity index is 2970. The van der Waals surface area contributed by atoms with E-state index in [0.29, 0.717) is 0 Å². The number of rotatable bonds is 1. The molecule has 2 nitrogen and oxygen atoms in total. The summed E-state index contributed by atoms with van der Waals surface area (Å²) < 4.78 is 2.66. The average Bonchev–Trinajstić information content (AvgIpc) is 3.44. The fourth-order valence-corrected chi connectivity index (χ4v) is 10.1. The maximum atomic E-state index is 2.66. The number of benzene rings is 7. The van der Waals surface area contributed by atoms with E-state index in [1.54, 1.807) is 0 Å². The minimum Gasteiger partial charge on any atom is -0.311 e. The van der Waals surface area contributed by atoms with E-state index >= 15 is 0 Å². The van der Waals surface area contributed by atoms with Crippen LogP contribution in [0.15, 0.2) is 121 Å². The van der Waals surface area contributed by atoms with Crippen molar-refractivity contribution in [2.45, 2.75) is 78.6 Å². The molecule has 0 saturated heterocycles. The predicted molar refractivity (Wildman–Crippen MR) is 238 cm³/mol. The first kappa shape index (κ1) is 32.9. The molecule has 0 spiro atoms. The minimum absolute atomic E-state index is 0.00821. The highest BCUT2D eigenvalue weighted by molar-refractivity contribution is 7.00. The zero-order valence-corrected chi connectivity index (χ0v) is 33.5. The van der Waals surface area contributed by atoms with Gasteiger partial charge in [-0.3, -0.25) is 0 Å². The molecule has 8 aromatic rings. The molecule has 0 unspecified atom stereocenters. The molecule has 1 aliphatic carbocycles. The molecule has 0 bridgehead atoms. The van der Waals surface area contributed by atoms with Gasteiger partial charge >= 0.3 is 0 Å². The summed E-state index contributed by atoms with van der Waals surface area (Å²) in [5.74, 6) is 0. The lowest BCUT2D eigenvalue weighted by Crippen LogP contribution is -2.60. The minimum atomic E-state index is -0.0610. The lowest BCUT2D eigenvalue weighted by Gasteiger charge is -2.42. The van der Waals surface area contributed by atoms with Gasteiger partial charge in [0.15, 0.2) is 0 Å². The summed E-state index contributed by atoms with van der Waals surface area (Å²) in [6.07, 6.45) is 0. The lowest BCUT2D eigenvalue weighted by molar-refractivity contribution is 0.589. The Labute approximate surface area is 325 Å². The summed E-state index contributed by atoms with van der Waals surface area (Å²) in [5, 5.41) is 5.40. The fraction of sp³-hybridized carbons (Fsp3) is 0.231. The lowest BCUT2D eigenvalue weighted by atomic mass is 9.33. The highest BCUT2D eigenvalue weighted by Gasteiger charge is 2.44. The molecule has 0 atom stereocenters. The Hall–Kier alpha value is -5.54. The molecule has 0 amide bonds. The molecule has 1 aromatic heterocycles. The van der Waals surface area contributed by atoms with Gasteiger partial charge in [-0.1, -0.05) is 147 Å². The smallest absolute Gasteiger partial charge is 0.252 e. The Morgan fingerprint density at radius 3 is 1.67 bits per heavy atom. The van der Waals surface area contributed by atoms with Crippen molar-refractivity contribution in [1.82, 2.24) is 4.57 Å². The number of fused-ring (bicyclic) bond motifs is 7. The number of hydrogen-bond donors (Lipinski definition) is 0. The largest absolute Gasteiger partial charge is 0.311 e. The van der Waals surface area contributed by atoms with Crippen molar-refractivity contribution in [3.05, 3.63) is 138 Å². The third-order valence-electron chi connectivity index (χ3n) is 13.0. The molecule has 3 heterocycles. The molecule has 2 aliphatic heterocycles. The van der Waals surface area contributed by atoms with Crippen LogP contribution in [-0.2, 0) is 16.2 Å². The molecular weight excluding hydrogens is 663 g/mol. The van der Waals surface area contributed by atoms with Crippen LogP contribution >= 0.6 is 0 Å². The summed E-state index contributed by atoms with van der Waals surface area (Å²) in [6, 6.07) is 47.4. The SMILES string of the molecule is CC(C)(C)c1ccc(N2c3ccc(C(C)(C)C)cc3B3c4c2cc(C(C)(C)C)cc4-n2c4cccc5c4c4c(ccc3c42)-c2cccc3cccc-5c23)cc1. The second kappa shape index (κ2) is 10.6. The Balaban J connectivity index is 1.32. The van der Waals surface area contributed by atoms with Gasteiger partial charge in [0.1, 0.15) is 0 Å². The molecule has 7 aromatic carbocycles. The predicted octanol–water partition coefficient (Wildman–Crippen LogP) is 12.1. The molecular formula is C52H47BN2. The molecule has 3 heteroatoms. The summed E-state index contributed by atoms with van der Waals surface area (Å²) in [5.41, 5.74) is 21.3. The van der Waals surface area contributed by atoms with Crippen LogP contribution in [0.25, 0.3) is 60.5 Å². The molecule has 268 valence electrons. The molecule has 0 N–H and O–H groups in total. The van der Waals surface area contributed by atoms with Crippen LogP contribution in [0.5, 0.6) is 0 Å². The number of anilines is 3. The summed E-state index contributed by atoms with van der Waals surface area (Å²) in [6.45, 7) is 21.1. The van der Waals surface area contributed by atoms with E-state index in [2.05, 4.69) is 193 Å². The van der Waals surface area contributed by atoms with Gasteiger partial charge in [0, 0.05) is 33.5 Å². The maximum Gasteiger partial charge on any atom is 0.252 e. The zero-order chi connectivity index (χ0) is 37.9. The third kappa shape index (κ3) is 4.39. The fourth-order valence-electron chi connectivity index (χ4n) is 10.1. The van der Waals surface area contributed by atoms with Crippen LogP contribution in [0.3, 0.4) is 0 Å². The van der Waals surface area contributed by atoms with Crippen molar-refractivity contribution in [2.24, 2.45) is 0 Å². The zero-order valence-electron chi connectivity index (χ0n) is 33.5. The number of aromatic nitrogens is 1. The second-order valence-corrected chi connectivity index (χ2v) is 19.4. The Morgan fingerprint density at radius 1 is 0.436 bits per heavy atom. The molecule has 0 saturated carbocycles. The van der Waals surface area contributed by atoms with Crippen LogP contribution in [0.1, 0.15) is 79.0 Å². The van der Waals surface area contributed by atoms with E-state index in [9.17, 15) is 0 Å². The first-order chi connectivity index (χ1) is 26.2. The van der Waals surface area contributed by atoms with Gasteiger partial charge in [-0.05, 0) is 119 Å². The van der Waals surface area contributed by atoms with Crippen molar-refractivity contribution in [2.75, 3.05) is 4.90 Å². The average molecular weight is 711 g/mol. The number of hydrogen-bond acceptors (Lipinski definition) is 1. The van der Waals surface area contributed by atoms with Gasteiger partial charge in [-0.2, -0.15) is 0 Å². The van der Waals surface area contributed by atoms with Crippen LogP contribution in [-0.4, -0.2) is 11.3 Å². The second-order valence-electron chi connectivity index (χ2n) is 19.4. The highest BCUT2D eigenvalue weighted by atomic mass is 15.2. The van der Waals surface area contributed by atoms with E-state index in [4.69, 9.17) is 0 Å². The van der Waals surface area contributed by atoms with Gasteiger partial charge in [0.05, 0.1) is 11.0 Å². The van der Waals surface area contributed by atoms with E-state index in [-0.39, 0.29) is 23.0 Å². The third-order valence-corrected chi connectivity index (χ3v) is 13.0. The van der Waals surface area contributed by atoms with Crippen molar-refractivity contribution in [1.29, 1.82) is 0 Å². The van der Waals surface area contributed by atoms with Gasteiger partial charge in [0.25, 0.3) is 6.71 Å². The van der Waals surface area contributed by atoms with Gasteiger partial charge in [0.2, 0.25) is 0 Å². The van der Waals surface area contributed by atoms with Crippen molar-refractivity contribution in [3.8, 4) is 27.9 Å². The van der Waals surface area contributed by atoms with E-state index in [1.165, 1.54) is 111 Å². The van der Waals surface area contributed by atoms with Crippen molar-refractivity contribution < 1.29 is 0 Å². The van der Waals surface area contributed by atoms with Crippen LogP contribution in [0.4, 0.5) is 17.1 Å². The maximum absolute atomic E-state index is 2.66. The molecule has 55 heavy (non-hydrogen) atoms. The van der Waals surface area contributed by atoms with Crippen LogP contribution in [0, 0.1) is 0 Å². The standard InChI is InChI=1S/C52H47BN2/c1-50(2,3)31-19-22-34(23-20-31)54-41-26-21-32(51(4,5)6)27-40(41)53-39-25-24-38-36-16-11-14-30-13-10-15-35(45(30)36)37-17-12-18-42-46(37)47(38)49(39)55(42)44-29-33(52(7,8)9)28-43(54)48(44)53/h10-29H,1-9H3.